The number of nitrogens with zero attached hydrogens (tertiary/aromatic N) is 2. The maximum Gasteiger partial charge on any atom is 0.133 e. The van der Waals surface area contributed by atoms with Gasteiger partial charge >= 0.3 is 0 Å². The van der Waals surface area contributed by atoms with E-state index in [-0.39, 0.29) is 0 Å². The molecule has 0 amide bonds. The number of halogens is 1. The Morgan fingerprint density at radius 1 is 1.39 bits per heavy atom. The highest BCUT2D eigenvalue weighted by atomic mass is 35.5. The summed E-state index contributed by atoms with van der Waals surface area (Å²) in [4.78, 5) is 7.25. The number of aryl methyl sites for hydroxylation is 2. The number of hydrogen-bond acceptors (Lipinski definition) is 2. The molecule has 1 aliphatic rings. The summed E-state index contributed by atoms with van der Waals surface area (Å²) in [5, 5.41) is 0. The summed E-state index contributed by atoms with van der Waals surface area (Å²) in [5.74, 6) is 1.70. The molecule has 0 unspecified atom stereocenters. The van der Waals surface area contributed by atoms with Gasteiger partial charge in [-0.2, -0.15) is 0 Å². The van der Waals surface area contributed by atoms with Crippen LogP contribution >= 0.6 is 11.6 Å². The first kappa shape index (κ1) is 13.7. The van der Waals surface area contributed by atoms with Crippen LogP contribution in [0.3, 0.4) is 0 Å². The minimum absolute atomic E-state index is 0.559. The molecule has 0 aliphatic heterocycles. The second kappa shape index (κ2) is 5.92. The number of aromatic nitrogens is 1. The number of rotatable bonds is 6. The summed E-state index contributed by atoms with van der Waals surface area (Å²) >= 11 is 6.13. The van der Waals surface area contributed by atoms with Crippen LogP contribution < -0.4 is 4.90 Å². The lowest BCUT2D eigenvalue weighted by Gasteiger charge is -2.26. The summed E-state index contributed by atoms with van der Waals surface area (Å²) in [6, 6.07) is 2.83. The van der Waals surface area contributed by atoms with Crippen LogP contribution in [0, 0.1) is 13.8 Å². The molecule has 1 fully saturated rings. The summed E-state index contributed by atoms with van der Waals surface area (Å²) in [5.41, 5.74) is 3.58. The van der Waals surface area contributed by atoms with Gasteiger partial charge < -0.3 is 4.90 Å². The van der Waals surface area contributed by atoms with Crippen molar-refractivity contribution >= 4 is 17.4 Å². The number of anilines is 1. The van der Waals surface area contributed by atoms with Gasteiger partial charge in [-0.1, -0.05) is 13.3 Å². The number of pyridine rings is 1. The lowest BCUT2D eigenvalue weighted by Crippen LogP contribution is -2.29. The lowest BCUT2D eigenvalue weighted by molar-refractivity contribution is 0.700. The van der Waals surface area contributed by atoms with E-state index >= 15 is 0 Å². The predicted octanol–water partition coefficient (Wildman–Crippen LogP) is 4.21. The van der Waals surface area contributed by atoms with Crippen LogP contribution in [0.25, 0.3) is 0 Å². The molecule has 1 aliphatic carbocycles. The maximum absolute atomic E-state index is 6.13. The largest absolute Gasteiger partial charge is 0.353 e. The molecule has 1 saturated carbocycles. The van der Waals surface area contributed by atoms with Gasteiger partial charge in [0.15, 0.2) is 0 Å². The van der Waals surface area contributed by atoms with Crippen LogP contribution in [0.1, 0.15) is 49.4 Å². The molecule has 0 atom stereocenters. The topological polar surface area (TPSA) is 16.1 Å². The summed E-state index contributed by atoms with van der Waals surface area (Å²) in [6.45, 7) is 7.56. The highest BCUT2D eigenvalue weighted by molar-refractivity contribution is 6.17. The average Bonchev–Trinajstić information content (AvgIpc) is 3.13. The second-order valence-corrected chi connectivity index (χ2v) is 5.56. The van der Waals surface area contributed by atoms with Crippen molar-refractivity contribution in [2.45, 2.75) is 58.4 Å². The van der Waals surface area contributed by atoms with Gasteiger partial charge in [0, 0.05) is 23.8 Å². The minimum Gasteiger partial charge on any atom is -0.353 e. The normalized spacial score (nSPS) is 14.9. The SMILES string of the molecule is CCCCN(c1nc(C)cc(C)c1CCl)C1CC1. The van der Waals surface area contributed by atoms with E-state index in [9.17, 15) is 0 Å². The zero-order valence-electron chi connectivity index (χ0n) is 11.7. The summed E-state index contributed by atoms with van der Waals surface area (Å²) < 4.78 is 0. The van der Waals surface area contributed by atoms with Gasteiger partial charge in [0.25, 0.3) is 0 Å². The van der Waals surface area contributed by atoms with Crippen molar-refractivity contribution in [3.63, 3.8) is 0 Å². The Labute approximate surface area is 115 Å². The zero-order valence-corrected chi connectivity index (χ0v) is 12.4. The van der Waals surface area contributed by atoms with Crippen LogP contribution in [0.2, 0.25) is 0 Å². The third-order valence-corrected chi connectivity index (χ3v) is 3.87. The standard InChI is InChI=1S/C15H23ClN2/c1-4-5-8-18(13-6-7-13)15-14(10-16)11(2)9-12(3)17-15/h9,13H,4-8,10H2,1-3H3. The first-order chi connectivity index (χ1) is 8.67. The van der Waals surface area contributed by atoms with E-state index in [1.165, 1.54) is 36.8 Å². The van der Waals surface area contributed by atoms with Gasteiger partial charge in [-0.3, -0.25) is 0 Å². The highest BCUT2D eigenvalue weighted by Gasteiger charge is 2.31. The van der Waals surface area contributed by atoms with Crippen LogP contribution in [0.15, 0.2) is 6.07 Å². The second-order valence-electron chi connectivity index (χ2n) is 5.29. The highest BCUT2D eigenvalue weighted by Crippen LogP contribution is 2.34. The Morgan fingerprint density at radius 2 is 2.11 bits per heavy atom. The quantitative estimate of drug-likeness (QED) is 0.717. The van der Waals surface area contributed by atoms with Crippen LogP contribution in [0.5, 0.6) is 0 Å². The average molecular weight is 267 g/mol. The molecule has 2 nitrogen and oxygen atoms in total. The Kier molecular flexibility index (Phi) is 4.50. The minimum atomic E-state index is 0.559. The molecule has 3 heteroatoms. The molecule has 18 heavy (non-hydrogen) atoms. The summed E-state index contributed by atoms with van der Waals surface area (Å²) in [6.07, 6.45) is 5.07. The molecular weight excluding hydrogens is 244 g/mol. The molecule has 1 aromatic rings. The van der Waals surface area contributed by atoms with Gasteiger partial charge in [-0.25, -0.2) is 4.98 Å². The van der Waals surface area contributed by atoms with Crippen LogP contribution in [-0.2, 0) is 5.88 Å². The summed E-state index contributed by atoms with van der Waals surface area (Å²) in [7, 11) is 0. The van der Waals surface area contributed by atoms with Gasteiger partial charge in [0.2, 0.25) is 0 Å². The fraction of sp³-hybridized carbons (Fsp3) is 0.667. The first-order valence-corrected chi connectivity index (χ1v) is 7.50. The molecule has 0 spiro atoms. The molecule has 0 bridgehead atoms. The van der Waals surface area contributed by atoms with Crippen molar-refractivity contribution in [1.29, 1.82) is 0 Å². The van der Waals surface area contributed by atoms with Crippen LogP contribution in [-0.4, -0.2) is 17.6 Å². The van der Waals surface area contributed by atoms with Gasteiger partial charge in [0.1, 0.15) is 5.82 Å². The molecule has 0 aromatic carbocycles. The van der Waals surface area contributed by atoms with Crippen molar-refractivity contribution in [2.24, 2.45) is 0 Å². The van der Waals surface area contributed by atoms with E-state index in [0.29, 0.717) is 11.9 Å². The Bertz CT molecular complexity index is 413. The fourth-order valence-electron chi connectivity index (χ4n) is 2.42. The smallest absolute Gasteiger partial charge is 0.133 e. The number of unbranched alkanes of at least 4 members (excludes halogenated alkanes) is 1. The molecule has 1 aromatic heterocycles. The van der Waals surface area contributed by atoms with Crippen molar-refractivity contribution in [3.8, 4) is 0 Å². The molecule has 0 radical (unpaired) electrons. The van der Waals surface area contributed by atoms with Gasteiger partial charge in [0.05, 0.1) is 5.88 Å². The molecule has 2 rings (SSSR count). The van der Waals surface area contributed by atoms with Gasteiger partial charge in [-0.15, -0.1) is 11.6 Å². The van der Waals surface area contributed by atoms with E-state index < -0.39 is 0 Å². The number of alkyl halides is 1. The molecule has 0 saturated heterocycles. The van der Waals surface area contributed by atoms with Crippen molar-refractivity contribution in [1.82, 2.24) is 4.98 Å². The van der Waals surface area contributed by atoms with E-state index in [1.54, 1.807) is 0 Å². The zero-order chi connectivity index (χ0) is 13.1. The van der Waals surface area contributed by atoms with Crippen molar-refractivity contribution in [2.75, 3.05) is 11.4 Å². The molecule has 100 valence electrons. The van der Waals surface area contributed by atoms with Crippen molar-refractivity contribution in [3.05, 3.63) is 22.9 Å². The predicted molar refractivity (Wildman–Crippen MR) is 78.5 cm³/mol. The Morgan fingerprint density at radius 3 is 2.67 bits per heavy atom. The lowest BCUT2D eigenvalue weighted by atomic mass is 10.1. The van der Waals surface area contributed by atoms with E-state index in [2.05, 4.69) is 31.7 Å². The maximum atomic E-state index is 6.13. The molecule has 1 heterocycles. The number of hydrogen-bond donors (Lipinski definition) is 0. The Hall–Kier alpha value is -0.760. The first-order valence-electron chi connectivity index (χ1n) is 6.97. The monoisotopic (exact) mass is 266 g/mol. The van der Waals surface area contributed by atoms with E-state index in [4.69, 9.17) is 16.6 Å². The van der Waals surface area contributed by atoms with Crippen molar-refractivity contribution < 1.29 is 0 Å². The Balaban J connectivity index is 2.33. The van der Waals surface area contributed by atoms with E-state index in [1.807, 2.05) is 0 Å². The fourth-order valence-corrected chi connectivity index (χ4v) is 2.75. The van der Waals surface area contributed by atoms with Crippen LogP contribution in [0.4, 0.5) is 5.82 Å². The molecular formula is C15H23ClN2. The third-order valence-electron chi connectivity index (χ3n) is 3.60. The third kappa shape index (κ3) is 2.97. The van der Waals surface area contributed by atoms with E-state index in [0.717, 1.165) is 18.1 Å². The molecule has 0 N–H and O–H groups in total. The van der Waals surface area contributed by atoms with Gasteiger partial charge in [-0.05, 0) is 44.7 Å².